The van der Waals surface area contributed by atoms with Gasteiger partial charge in [-0.05, 0) is 56.6 Å². The first-order chi connectivity index (χ1) is 17.8. The first-order valence-corrected chi connectivity index (χ1v) is 13.4. The summed E-state index contributed by atoms with van der Waals surface area (Å²) in [6, 6.07) is 5.26. The van der Waals surface area contributed by atoms with E-state index in [2.05, 4.69) is 20.9 Å². The number of anilines is 2. The Morgan fingerprint density at radius 3 is 2.49 bits per heavy atom. The summed E-state index contributed by atoms with van der Waals surface area (Å²) in [5.74, 6) is 1.56. The second-order valence-electron chi connectivity index (χ2n) is 10.7. The van der Waals surface area contributed by atoms with Gasteiger partial charge in [-0.15, -0.1) is 0 Å². The second kappa shape index (κ2) is 9.43. The first kappa shape index (κ1) is 24.4. The fourth-order valence-electron chi connectivity index (χ4n) is 6.14. The summed E-state index contributed by atoms with van der Waals surface area (Å²) in [6.45, 7) is 1.75. The van der Waals surface area contributed by atoms with Gasteiger partial charge in [0.15, 0.2) is 5.65 Å². The molecule has 1 spiro atoms. The van der Waals surface area contributed by atoms with Gasteiger partial charge in [0.05, 0.1) is 46.8 Å². The maximum atomic E-state index is 11.8. The molecule has 1 aromatic carbocycles. The highest BCUT2D eigenvalue weighted by molar-refractivity contribution is 6.39. The van der Waals surface area contributed by atoms with Crippen molar-refractivity contribution in [3.8, 4) is 6.07 Å². The molecule has 3 N–H and O–H groups in total. The number of imidazole rings is 1. The van der Waals surface area contributed by atoms with Crippen LogP contribution in [0.1, 0.15) is 56.0 Å². The molecule has 0 atom stereocenters. The molecule has 37 heavy (non-hydrogen) atoms. The van der Waals surface area contributed by atoms with Crippen LogP contribution in [0.2, 0.25) is 10.0 Å². The predicted molar refractivity (Wildman–Crippen MR) is 140 cm³/mol. The van der Waals surface area contributed by atoms with Crippen LogP contribution in [0.4, 0.5) is 11.6 Å². The molecule has 11 heteroatoms. The molecule has 9 nitrogen and oxygen atoms in total. The topological polar surface area (TPSA) is 132 Å². The smallest absolute Gasteiger partial charge is 0.220 e. The fraction of sp³-hybridized carbons (Fsp3) is 0.500. The summed E-state index contributed by atoms with van der Waals surface area (Å²) in [5, 5.41) is 13.2. The minimum absolute atomic E-state index is 0.0703. The van der Waals surface area contributed by atoms with Crippen molar-refractivity contribution in [1.29, 1.82) is 5.26 Å². The molecule has 2 aromatic heterocycles. The molecule has 1 aliphatic heterocycles. The number of rotatable bonds is 6. The molecule has 0 bridgehead atoms. The molecule has 2 aliphatic carbocycles. The van der Waals surface area contributed by atoms with Crippen molar-refractivity contribution in [3.63, 3.8) is 0 Å². The largest absolute Gasteiger partial charge is 0.380 e. The van der Waals surface area contributed by atoms with Crippen LogP contribution in [0.15, 0.2) is 18.3 Å². The first-order valence-electron chi connectivity index (χ1n) is 12.6. The Morgan fingerprint density at radius 2 is 1.89 bits per heavy atom. The van der Waals surface area contributed by atoms with Gasteiger partial charge in [0.2, 0.25) is 11.9 Å². The highest BCUT2D eigenvalue weighted by atomic mass is 35.5. The van der Waals surface area contributed by atoms with Crippen LogP contribution in [-0.2, 0) is 16.0 Å². The van der Waals surface area contributed by atoms with Crippen molar-refractivity contribution in [2.24, 2.45) is 23.0 Å². The predicted octanol–water partition coefficient (Wildman–Crippen LogP) is 4.93. The number of carbonyl (C=O) groups excluding carboxylic acids is 1. The van der Waals surface area contributed by atoms with E-state index >= 15 is 0 Å². The minimum atomic E-state index is -0.247. The van der Waals surface area contributed by atoms with E-state index in [1.807, 2.05) is 0 Å². The third kappa shape index (κ3) is 4.52. The van der Waals surface area contributed by atoms with Crippen LogP contribution >= 0.6 is 23.2 Å². The SMILES string of the molecule is N#Cc1cc(Cl)c(Nc2nc3cnc(CC4CC5(COC5)C4)nc3n2C2CCC(C(N)=O)CC2)c(Cl)c1. The lowest BCUT2D eigenvalue weighted by Gasteiger charge is -2.53. The number of fused-ring (bicyclic) bond motifs is 1. The van der Waals surface area contributed by atoms with E-state index in [0.29, 0.717) is 56.9 Å². The van der Waals surface area contributed by atoms with Gasteiger partial charge in [-0.2, -0.15) is 5.26 Å². The quantitative estimate of drug-likeness (QED) is 0.453. The number of amides is 1. The molecule has 3 aliphatic rings. The van der Waals surface area contributed by atoms with Gasteiger partial charge in [0, 0.05) is 23.8 Å². The number of nitriles is 1. The monoisotopic (exact) mass is 539 g/mol. The molecule has 3 fully saturated rings. The zero-order valence-corrected chi connectivity index (χ0v) is 21.7. The average Bonchev–Trinajstić information content (AvgIpc) is 3.19. The number of nitrogens with zero attached hydrogens (tertiary/aromatic N) is 5. The van der Waals surface area contributed by atoms with Crippen molar-refractivity contribution in [1.82, 2.24) is 19.5 Å². The Hall–Kier alpha value is -2.93. The Labute approximate surface area is 224 Å². The van der Waals surface area contributed by atoms with Gasteiger partial charge >= 0.3 is 0 Å². The third-order valence-corrected chi connectivity index (χ3v) is 8.68. The number of aromatic nitrogens is 4. The summed E-state index contributed by atoms with van der Waals surface area (Å²) >= 11 is 13.0. The fourth-order valence-corrected chi connectivity index (χ4v) is 6.72. The van der Waals surface area contributed by atoms with E-state index in [1.54, 1.807) is 18.3 Å². The van der Waals surface area contributed by atoms with Crippen LogP contribution in [0.25, 0.3) is 11.2 Å². The molecular weight excluding hydrogens is 513 g/mol. The van der Waals surface area contributed by atoms with E-state index < -0.39 is 0 Å². The van der Waals surface area contributed by atoms with Gasteiger partial charge in [-0.1, -0.05) is 23.2 Å². The number of ether oxygens (including phenoxy) is 1. The number of halogens is 2. The average molecular weight is 540 g/mol. The Kier molecular flexibility index (Phi) is 6.22. The number of hydrogen-bond donors (Lipinski definition) is 2. The number of nitrogens with two attached hydrogens (primary N) is 1. The van der Waals surface area contributed by atoms with Crippen molar-refractivity contribution in [2.45, 2.75) is 51.0 Å². The van der Waals surface area contributed by atoms with E-state index in [9.17, 15) is 10.1 Å². The summed E-state index contributed by atoms with van der Waals surface area (Å²) in [6.07, 6.45) is 7.88. The summed E-state index contributed by atoms with van der Waals surface area (Å²) in [4.78, 5) is 26.2. The van der Waals surface area contributed by atoms with Crippen molar-refractivity contribution < 1.29 is 9.53 Å². The summed E-state index contributed by atoms with van der Waals surface area (Å²) < 4.78 is 7.50. The molecule has 0 unspecified atom stereocenters. The molecule has 6 rings (SSSR count). The minimum Gasteiger partial charge on any atom is -0.380 e. The Bertz CT molecular complexity index is 1390. The zero-order chi connectivity index (χ0) is 25.7. The van der Waals surface area contributed by atoms with Crippen molar-refractivity contribution in [3.05, 3.63) is 39.8 Å². The molecule has 1 amide bonds. The highest BCUT2D eigenvalue weighted by Crippen LogP contribution is 2.51. The standard InChI is InChI=1S/C26H27Cl2N7O2/c27-18-5-14(10-29)6-19(28)22(18)34-25-32-20-11-31-21(7-15-8-26(9-15)12-37-13-26)33-24(20)35(25)17-3-1-16(2-4-17)23(30)36/h5-6,11,15-17H,1-4,7-9,12-13H2,(H2,30,36)(H,32,34). The van der Waals surface area contributed by atoms with Gasteiger partial charge < -0.3 is 15.8 Å². The van der Waals surface area contributed by atoms with Gasteiger partial charge in [-0.3, -0.25) is 9.36 Å². The van der Waals surface area contributed by atoms with Crippen molar-refractivity contribution >= 4 is 51.9 Å². The third-order valence-electron chi connectivity index (χ3n) is 8.09. The maximum Gasteiger partial charge on any atom is 0.220 e. The van der Waals surface area contributed by atoms with Gasteiger partial charge in [0.25, 0.3) is 0 Å². The summed E-state index contributed by atoms with van der Waals surface area (Å²) in [7, 11) is 0. The molecular formula is C26H27Cl2N7O2. The van der Waals surface area contributed by atoms with E-state index in [1.165, 1.54) is 0 Å². The van der Waals surface area contributed by atoms with Crippen LogP contribution in [-0.4, -0.2) is 38.6 Å². The Balaban J connectivity index is 1.34. The number of carbonyl (C=O) groups is 1. The van der Waals surface area contributed by atoms with E-state index in [4.69, 9.17) is 43.6 Å². The van der Waals surface area contributed by atoms with Crippen molar-refractivity contribution in [2.75, 3.05) is 18.5 Å². The van der Waals surface area contributed by atoms with E-state index in [-0.39, 0.29) is 17.9 Å². The second-order valence-corrected chi connectivity index (χ2v) is 11.5. The molecule has 0 radical (unpaired) electrons. The lowest BCUT2D eigenvalue weighted by atomic mass is 9.60. The molecule has 2 saturated carbocycles. The van der Waals surface area contributed by atoms with Gasteiger partial charge in [-0.25, -0.2) is 15.0 Å². The zero-order valence-electron chi connectivity index (χ0n) is 20.2. The molecule has 1 saturated heterocycles. The van der Waals surface area contributed by atoms with Crippen LogP contribution in [0, 0.1) is 28.6 Å². The van der Waals surface area contributed by atoms with Crippen LogP contribution in [0.3, 0.4) is 0 Å². The Morgan fingerprint density at radius 1 is 1.19 bits per heavy atom. The summed E-state index contributed by atoms with van der Waals surface area (Å²) in [5.41, 5.74) is 8.24. The number of nitrogens with one attached hydrogen (secondary N) is 1. The van der Waals surface area contributed by atoms with Crippen LogP contribution in [0.5, 0.6) is 0 Å². The highest BCUT2D eigenvalue weighted by Gasteiger charge is 2.49. The number of benzene rings is 1. The molecule has 3 aromatic rings. The molecule has 3 heterocycles. The lowest BCUT2D eigenvalue weighted by Crippen LogP contribution is -2.52. The maximum absolute atomic E-state index is 11.8. The lowest BCUT2D eigenvalue weighted by molar-refractivity contribution is -0.178. The van der Waals surface area contributed by atoms with Crippen LogP contribution < -0.4 is 11.1 Å². The van der Waals surface area contributed by atoms with E-state index in [0.717, 1.165) is 56.8 Å². The number of primary amides is 1. The normalized spacial score (nSPS) is 22.8. The molecule has 192 valence electrons. The van der Waals surface area contributed by atoms with Gasteiger partial charge in [0.1, 0.15) is 11.3 Å². The number of hydrogen-bond acceptors (Lipinski definition) is 7.